The van der Waals surface area contributed by atoms with Crippen molar-refractivity contribution in [3.05, 3.63) is 57.8 Å². The second-order valence-electron chi connectivity index (χ2n) is 4.88. The average Bonchev–Trinajstić information content (AvgIpc) is 3.18. The normalized spacial score (nSPS) is 9.96. The maximum absolute atomic E-state index is 12.5. The van der Waals surface area contributed by atoms with Gasteiger partial charge in [-0.25, -0.2) is 4.79 Å². The lowest BCUT2D eigenvalue weighted by molar-refractivity contribution is -0.127. The van der Waals surface area contributed by atoms with Crippen molar-refractivity contribution in [2.45, 2.75) is 0 Å². The van der Waals surface area contributed by atoms with E-state index in [-0.39, 0.29) is 29.4 Å². The first kappa shape index (κ1) is 18.3. The van der Waals surface area contributed by atoms with E-state index in [0.29, 0.717) is 4.88 Å². The smallest absolute Gasteiger partial charge is 0.339 e. The third-order valence-corrected chi connectivity index (χ3v) is 4.06. The van der Waals surface area contributed by atoms with E-state index in [0.717, 1.165) is 0 Å². The number of benzene rings is 1. The van der Waals surface area contributed by atoms with Crippen LogP contribution in [0.4, 0.5) is 0 Å². The highest BCUT2D eigenvalue weighted by Crippen LogP contribution is 2.19. The van der Waals surface area contributed by atoms with E-state index in [4.69, 9.17) is 4.74 Å². The molecular weight excluding hydrogens is 344 g/mol. The van der Waals surface area contributed by atoms with E-state index in [1.165, 1.54) is 30.5 Å². The number of ketones is 1. The maximum Gasteiger partial charge on any atom is 0.339 e. The molecule has 2 rings (SSSR count). The molecule has 130 valence electrons. The van der Waals surface area contributed by atoms with E-state index in [1.54, 1.807) is 29.6 Å². The van der Waals surface area contributed by atoms with Crippen LogP contribution in [0.3, 0.4) is 0 Å². The van der Waals surface area contributed by atoms with Crippen LogP contribution in [0.25, 0.3) is 0 Å². The number of carbonyl (C=O) groups excluding carboxylic acids is 4. The van der Waals surface area contributed by atoms with E-state index >= 15 is 0 Å². The Hall–Kier alpha value is -3.00. The minimum Gasteiger partial charge on any atom is -0.452 e. The summed E-state index contributed by atoms with van der Waals surface area (Å²) in [5.41, 5.74) is 0.292. The lowest BCUT2D eigenvalue weighted by Gasteiger charge is -2.09. The quantitative estimate of drug-likeness (QED) is 0.567. The van der Waals surface area contributed by atoms with Gasteiger partial charge in [-0.2, -0.15) is 0 Å². The molecule has 2 N–H and O–H groups in total. The first-order valence-electron chi connectivity index (χ1n) is 7.34. The summed E-state index contributed by atoms with van der Waals surface area (Å²) < 4.78 is 4.93. The highest BCUT2D eigenvalue weighted by molar-refractivity contribution is 7.12. The first-order chi connectivity index (χ1) is 12.0. The molecule has 0 radical (unpaired) electrons. The molecule has 0 spiro atoms. The Kier molecular flexibility index (Phi) is 6.41. The van der Waals surface area contributed by atoms with Crippen LogP contribution in [0.15, 0.2) is 41.8 Å². The predicted molar refractivity (Wildman–Crippen MR) is 91.6 cm³/mol. The van der Waals surface area contributed by atoms with Crippen LogP contribution in [0.1, 0.15) is 25.6 Å². The molecule has 8 heteroatoms. The molecule has 0 atom stereocenters. The molecule has 2 amide bonds. The number of rotatable bonds is 7. The summed E-state index contributed by atoms with van der Waals surface area (Å²) in [5, 5.41) is 6.42. The highest BCUT2D eigenvalue weighted by atomic mass is 32.1. The van der Waals surface area contributed by atoms with E-state index in [9.17, 15) is 19.2 Å². The lowest BCUT2D eigenvalue weighted by Crippen LogP contribution is -2.37. The molecule has 7 nitrogen and oxygen atoms in total. The SMILES string of the molecule is CNC(=O)CNC(=O)COC(=O)c1ccccc1C(=O)c1cccs1. The van der Waals surface area contributed by atoms with Crippen molar-refractivity contribution in [1.29, 1.82) is 0 Å². The number of amides is 2. The minimum absolute atomic E-state index is 0.0833. The van der Waals surface area contributed by atoms with Crippen molar-refractivity contribution in [2.24, 2.45) is 0 Å². The van der Waals surface area contributed by atoms with Gasteiger partial charge in [-0.3, -0.25) is 14.4 Å². The summed E-state index contributed by atoms with van der Waals surface area (Å²) in [6.07, 6.45) is 0. The summed E-state index contributed by atoms with van der Waals surface area (Å²) in [7, 11) is 1.44. The molecule has 1 heterocycles. The van der Waals surface area contributed by atoms with Crippen LogP contribution in [0.5, 0.6) is 0 Å². The summed E-state index contributed by atoms with van der Waals surface area (Å²) in [6.45, 7) is -0.752. The molecule has 0 aliphatic heterocycles. The Labute approximate surface area is 148 Å². The third kappa shape index (κ3) is 4.98. The molecule has 0 bridgehead atoms. The molecule has 1 aromatic carbocycles. The summed E-state index contributed by atoms with van der Waals surface area (Å²) in [6, 6.07) is 9.66. The summed E-state index contributed by atoms with van der Waals surface area (Å²) in [5.74, 6) is -2.05. The van der Waals surface area contributed by atoms with Crippen LogP contribution in [-0.4, -0.2) is 43.8 Å². The molecule has 1 aromatic heterocycles. The van der Waals surface area contributed by atoms with Gasteiger partial charge in [-0.15, -0.1) is 11.3 Å². The van der Waals surface area contributed by atoms with Crippen molar-refractivity contribution >= 4 is 34.9 Å². The number of carbonyl (C=O) groups is 4. The number of thiophene rings is 1. The monoisotopic (exact) mass is 360 g/mol. The van der Waals surface area contributed by atoms with Gasteiger partial charge in [0.15, 0.2) is 6.61 Å². The van der Waals surface area contributed by atoms with Gasteiger partial charge in [-0.1, -0.05) is 24.3 Å². The van der Waals surface area contributed by atoms with Crippen molar-refractivity contribution in [3.8, 4) is 0 Å². The zero-order valence-electron chi connectivity index (χ0n) is 13.4. The molecule has 0 fully saturated rings. The average molecular weight is 360 g/mol. The molecule has 0 aliphatic carbocycles. The van der Waals surface area contributed by atoms with Gasteiger partial charge in [0, 0.05) is 12.6 Å². The van der Waals surface area contributed by atoms with Crippen molar-refractivity contribution < 1.29 is 23.9 Å². The standard InChI is InChI=1S/C17H16N2O5S/c1-18-14(20)9-19-15(21)10-24-17(23)12-6-3-2-5-11(12)16(22)13-7-4-8-25-13/h2-8H,9-10H2,1H3,(H,18,20)(H,19,21). The van der Waals surface area contributed by atoms with Gasteiger partial charge in [0.25, 0.3) is 5.91 Å². The lowest BCUT2D eigenvalue weighted by atomic mass is 10.0. The summed E-state index contributed by atoms with van der Waals surface area (Å²) >= 11 is 1.27. The van der Waals surface area contributed by atoms with Crippen molar-refractivity contribution in [3.63, 3.8) is 0 Å². The van der Waals surface area contributed by atoms with Crippen molar-refractivity contribution in [2.75, 3.05) is 20.2 Å². The van der Waals surface area contributed by atoms with Gasteiger partial charge in [0.1, 0.15) is 0 Å². The van der Waals surface area contributed by atoms with E-state index < -0.39 is 18.5 Å². The minimum atomic E-state index is -0.782. The number of nitrogens with one attached hydrogen (secondary N) is 2. The predicted octanol–water partition coefficient (Wildman–Crippen LogP) is 0.998. The second kappa shape index (κ2) is 8.74. The van der Waals surface area contributed by atoms with Gasteiger partial charge in [0.05, 0.1) is 17.0 Å². The number of likely N-dealkylation sites (N-methyl/N-ethyl adjacent to an activating group) is 1. The van der Waals surface area contributed by atoms with Crippen LogP contribution in [0.2, 0.25) is 0 Å². The number of hydrogen-bond donors (Lipinski definition) is 2. The second-order valence-corrected chi connectivity index (χ2v) is 5.83. The van der Waals surface area contributed by atoms with Gasteiger partial charge in [-0.05, 0) is 17.5 Å². The Balaban J connectivity index is 2.01. The number of esters is 1. The zero-order valence-corrected chi connectivity index (χ0v) is 14.2. The molecular formula is C17H16N2O5S. The Bertz CT molecular complexity index is 786. The Morgan fingerprint density at radius 2 is 1.72 bits per heavy atom. The van der Waals surface area contributed by atoms with Crippen LogP contribution in [0, 0.1) is 0 Å². The fraction of sp³-hybridized carbons (Fsp3) is 0.176. The van der Waals surface area contributed by atoms with Gasteiger partial charge < -0.3 is 15.4 Å². The number of hydrogen-bond acceptors (Lipinski definition) is 6. The first-order valence-corrected chi connectivity index (χ1v) is 8.22. The van der Waals surface area contributed by atoms with Crippen LogP contribution >= 0.6 is 11.3 Å². The molecule has 0 saturated carbocycles. The van der Waals surface area contributed by atoms with Gasteiger partial charge >= 0.3 is 5.97 Å². The van der Waals surface area contributed by atoms with Crippen molar-refractivity contribution in [1.82, 2.24) is 10.6 Å². The fourth-order valence-electron chi connectivity index (χ4n) is 1.93. The molecule has 2 aromatic rings. The molecule has 0 aliphatic rings. The zero-order chi connectivity index (χ0) is 18.2. The molecule has 0 unspecified atom stereocenters. The molecule has 0 saturated heterocycles. The van der Waals surface area contributed by atoms with E-state index in [1.807, 2.05) is 0 Å². The largest absolute Gasteiger partial charge is 0.452 e. The maximum atomic E-state index is 12.5. The topological polar surface area (TPSA) is 102 Å². The van der Waals surface area contributed by atoms with Crippen LogP contribution in [-0.2, 0) is 14.3 Å². The fourth-order valence-corrected chi connectivity index (χ4v) is 2.60. The number of ether oxygens (including phenoxy) is 1. The Morgan fingerprint density at radius 3 is 2.36 bits per heavy atom. The van der Waals surface area contributed by atoms with Gasteiger partial charge in [0.2, 0.25) is 11.7 Å². The molecule has 25 heavy (non-hydrogen) atoms. The van der Waals surface area contributed by atoms with Crippen LogP contribution < -0.4 is 10.6 Å². The highest BCUT2D eigenvalue weighted by Gasteiger charge is 2.20. The third-order valence-electron chi connectivity index (χ3n) is 3.20. The Morgan fingerprint density at radius 1 is 1.00 bits per heavy atom. The van der Waals surface area contributed by atoms with E-state index in [2.05, 4.69) is 10.6 Å². The summed E-state index contributed by atoms with van der Waals surface area (Å²) in [4.78, 5) is 47.8.